The molecule has 0 saturated heterocycles. The lowest BCUT2D eigenvalue weighted by Gasteiger charge is -2.27. The van der Waals surface area contributed by atoms with Gasteiger partial charge in [0.25, 0.3) is 5.91 Å². The highest BCUT2D eigenvalue weighted by molar-refractivity contribution is 6.30. The lowest BCUT2D eigenvalue weighted by molar-refractivity contribution is -0.116. The first-order valence-electron chi connectivity index (χ1n) is 10.1. The Balaban J connectivity index is 1.40. The average molecular weight is 421 g/mol. The molecule has 0 spiro atoms. The summed E-state index contributed by atoms with van der Waals surface area (Å²) in [6.45, 7) is 1.15. The van der Waals surface area contributed by atoms with E-state index in [-0.39, 0.29) is 11.8 Å². The van der Waals surface area contributed by atoms with Gasteiger partial charge < -0.3 is 10.2 Å². The Morgan fingerprint density at radius 2 is 1.90 bits per heavy atom. The number of nitrogens with one attached hydrogen (secondary N) is 2. The maximum absolute atomic E-state index is 13.3. The van der Waals surface area contributed by atoms with Gasteiger partial charge in [0.2, 0.25) is 5.91 Å². The minimum atomic E-state index is 0.00211. The van der Waals surface area contributed by atoms with E-state index in [1.165, 1.54) is 0 Å². The first kappa shape index (κ1) is 18.9. The molecule has 2 N–H and O–H groups in total. The van der Waals surface area contributed by atoms with E-state index in [1.807, 2.05) is 41.3 Å². The summed E-state index contributed by atoms with van der Waals surface area (Å²) in [5.41, 5.74) is 6.47. The second kappa shape index (κ2) is 7.61. The molecular formula is C23H21ClN4O2. The van der Waals surface area contributed by atoms with Crippen molar-refractivity contribution in [1.82, 2.24) is 15.1 Å². The summed E-state index contributed by atoms with van der Waals surface area (Å²) in [6, 6.07) is 13.2. The topological polar surface area (TPSA) is 78.1 Å². The van der Waals surface area contributed by atoms with Crippen molar-refractivity contribution in [2.45, 2.75) is 32.2 Å². The number of benzene rings is 2. The summed E-state index contributed by atoms with van der Waals surface area (Å²) in [5, 5.41) is 11.2. The standard InChI is InChI=1S/C23H21ClN4O2/c24-17-7-4-14(5-8-17)22-18-13-28(11-10-20(18)26-27-22)23(30)16-6-9-19-15(12-16)2-1-3-21(29)25-19/h4-9,12H,1-3,10-11,13H2,(H,25,29)(H,26,27). The van der Waals surface area contributed by atoms with Crippen LogP contribution in [-0.2, 0) is 24.2 Å². The van der Waals surface area contributed by atoms with Crippen LogP contribution in [0.3, 0.4) is 0 Å². The Bertz CT molecular complexity index is 1140. The Kier molecular flexibility index (Phi) is 4.79. The molecule has 5 rings (SSSR count). The number of aryl methyl sites for hydroxylation is 1. The zero-order valence-corrected chi connectivity index (χ0v) is 17.1. The van der Waals surface area contributed by atoms with Gasteiger partial charge in [-0.15, -0.1) is 0 Å². The molecule has 3 heterocycles. The number of fused-ring (bicyclic) bond motifs is 2. The van der Waals surface area contributed by atoms with Crippen LogP contribution in [0.2, 0.25) is 5.02 Å². The third-order valence-electron chi connectivity index (χ3n) is 5.81. The van der Waals surface area contributed by atoms with E-state index in [2.05, 4.69) is 15.5 Å². The molecule has 0 atom stereocenters. The third-order valence-corrected chi connectivity index (χ3v) is 6.07. The molecule has 0 fully saturated rings. The number of aromatic nitrogens is 2. The second-order valence-corrected chi connectivity index (χ2v) is 8.22. The van der Waals surface area contributed by atoms with Crippen LogP contribution in [0.5, 0.6) is 0 Å². The number of H-pyrrole nitrogens is 1. The van der Waals surface area contributed by atoms with E-state index in [4.69, 9.17) is 11.6 Å². The Labute approximate surface area is 179 Å². The fourth-order valence-corrected chi connectivity index (χ4v) is 4.33. The molecule has 7 heteroatoms. The molecule has 30 heavy (non-hydrogen) atoms. The predicted molar refractivity (Wildman–Crippen MR) is 115 cm³/mol. The van der Waals surface area contributed by atoms with Crippen molar-refractivity contribution in [3.8, 4) is 11.3 Å². The van der Waals surface area contributed by atoms with Gasteiger partial charge in [0.05, 0.1) is 5.69 Å². The number of amides is 2. The van der Waals surface area contributed by atoms with Crippen LogP contribution in [0.4, 0.5) is 5.69 Å². The van der Waals surface area contributed by atoms with Gasteiger partial charge in [-0.1, -0.05) is 23.7 Å². The molecule has 152 valence electrons. The number of carbonyl (C=O) groups is 2. The van der Waals surface area contributed by atoms with E-state index >= 15 is 0 Å². The molecule has 3 aromatic rings. The van der Waals surface area contributed by atoms with Gasteiger partial charge in [0, 0.05) is 59.0 Å². The van der Waals surface area contributed by atoms with Crippen molar-refractivity contribution < 1.29 is 9.59 Å². The van der Waals surface area contributed by atoms with Gasteiger partial charge in [-0.3, -0.25) is 14.7 Å². The van der Waals surface area contributed by atoms with E-state index in [9.17, 15) is 9.59 Å². The van der Waals surface area contributed by atoms with Crippen LogP contribution < -0.4 is 5.32 Å². The van der Waals surface area contributed by atoms with Crippen LogP contribution >= 0.6 is 11.6 Å². The highest BCUT2D eigenvalue weighted by Crippen LogP contribution is 2.30. The van der Waals surface area contributed by atoms with Gasteiger partial charge in [0.15, 0.2) is 0 Å². The third kappa shape index (κ3) is 3.48. The van der Waals surface area contributed by atoms with E-state index in [0.717, 1.165) is 53.0 Å². The smallest absolute Gasteiger partial charge is 0.254 e. The number of nitrogens with zero attached hydrogens (tertiary/aromatic N) is 2. The summed E-state index contributed by atoms with van der Waals surface area (Å²) in [4.78, 5) is 26.9. The Morgan fingerprint density at radius 3 is 2.73 bits per heavy atom. The molecule has 0 saturated carbocycles. The monoisotopic (exact) mass is 420 g/mol. The van der Waals surface area contributed by atoms with Crippen LogP contribution in [0, 0.1) is 0 Å². The Morgan fingerprint density at radius 1 is 1.07 bits per heavy atom. The highest BCUT2D eigenvalue weighted by atomic mass is 35.5. The van der Waals surface area contributed by atoms with Gasteiger partial charge >= 0.3 is 0 Å². The number of aromatic amines is 1. The summed E-state index contributed by atoms with van der Waals surface area (Å²) in [6.07, 6.45) is 2.84. The molecule has 2 aliphatic rings. The first-order chi connectivity index (χ1) is 14.6. The number of rotatable bonds is 2. The lowest BCUT2D eigenvalue weighted by atomic mass is 9.99. The second-order valence-electron chi connectivity index (χ2n) is 7.79. The van der Waals surface area contributed by atoms with Gasteiger partial charge in [-0.05, 0) is 48.7 Å². The molecule has 2 amide bonds. The van der Waals surface area contributed by atoms with Gasteiger partial charge in [-0.25, -0.2) is 0 Å². The fourth-order valence-electron chi connectivity index (χ4n) is 4.21. The number of carbonyl (C=O) groups excluding carboxylic acids is 2. The van der Waals surface area contributed by atoms with Crippen molar-refractivity contribution in [3.63, 3.8) is 0 Å². The minimum Gasteiger partial charge on any atom is -0.334 e. The minimum absolute atomic E-state index is 0.00211. The zero-order chi connectivity index (χ0) is 20.7. The predicted octanol–water partition coefficient (Wildman–Crippen LogP) is 4.20. The van der Waals surface area contributed by atoms with Crippen molar-refractivity contribution in [1.29, 1.82) is 0 Å². The number of halogens is 1. The summed E-state index contributed by atoms with van der Waals surface area (Å²) in [5.74, 6) is 0.0355. The van der Waals surface area contributed by atoms with E-state index in [1.54, 1.807) is 6.07 Å². The molecule has 0 unspecified atom stereocenters. The van der Waals surface area contributed by atoms with Crippen LogP contribution in [0.15, 0.2) is 42.5 Å². The van der Waals surface area contributed by atoms with Crippen LogP contribution in [0.25, 0.3) is 11.3 Å². The van der Waals surface area contributed by atoms with Crippen molar-refractivity contribution in [2.24, 2.45) is 0 Å². The maximum atomic E-state index is 13.3. The van der Waals surface area contributed by atoms with Crippen LogP contribution in [0.1, 0.15) is 40.0 Å². The largest absolute Gasteiger partial charge is 0.334 e. The molecule has 0 aliphatic carbocycles. The number of anilines is 1. The number of hydrogen-bond acceptors (Lipinski definition) is 3. The molecule has 0 bridgehead atoms. The summed E-state index contributed by atoms with van der Waals surface area (Å²) < 4.78 is 0. The molecule has 0 radical (unpaired) electrons. The quantitative estimate of drug-likeness (QED) is 0.652. The zero-order valence-electron chi connectivity index (χ0n) is 16.4. The lowest BCUT2D eigenvalue weighted by Crippen LogP contribution is -2.36. The fraction of sp³-hybridized carbons (Fsp3) is 0.261. The molecular weight excluding hydrogens is 400 g/mol. The van der Waals surface area contributed by atoms with Gasteiger partial charge in [0.1, 0.15) is 0 Å². The molecule has 2 aliphatic heterocycles. The first-order valence-corrected chi connectivity index (χ1v) is 10.5. The average Bonchev–Trinajstić information content (AvgIpc) is 3.08. The Hall–Kier alpha value is -3.12. The van der Waals surface area contributed by atoms with E-state index in [0.29, 0.717) is 30.1 Å². The highest BCUT2D eigenvalue weighted by Gasteiger charge is 2.27. The van der Waals surface area contributed by atoms with Crippen LogP contribution in [-0.4, -0.2) is 33.5 Å². The van der Waals surface area contributed by atoms with Crippen molar-refractivity contribution in [3.05, 3.63) is 69.9 Å². The normalized spacial score (nSPS) is 15.8. The molecule has 2 aromatic carbocycles. The van der Waals surface area contributed by atoms with Crippen molar-refractivity contribution >= 4 is 29.1 Å². The van der Waals surface area contributed by atoms with Crippen molar-refractivity contribution in [2.75, 3.05) is 11.9 Å². The summed E-state index contributed by atoms with van der Waals surface area (Å²) in [7, 11) is 0. The maximum Gasteiger partial charge on any atom is 0.254 e. The van der Waals surface area contributed by atoms with Gasteiger partial charge in [-0.2, -0.15) is 5.10 Å². The number of hydrogen-bond donors (Lipinski definition) is 2. The molecule has 6 nitrogen and oxygen atoms in total. The summed E-state index contributed by atoms with van der Waals surface area (Å²) >= 11 is 6.01. The van der Waals surface area contributed by atoms with E-state index < -0.39 is 0 Å². The SMILES string of the molecule is O=C1CCCc2cc(C(=O)N3CCc4[nH]nc(-c5ccc(Cl)cc5)c4C3)ccc2N1. The molecule has 1 aromatic heterocycles.